The van der Waals surface area contributed by atoms with Crippen molar-refractivity contribution in [3.63, 3.8) is 0 Å². The highest BCUT2D eigenvalue weighted by Gasteiger charge is 2.29. The van der Waals surface area contributed by atoms with Crippen LogP contribution in [0.15, 0.2) is 194 Å². The van der Waals surface area contributed by atoms with Crippen LogP contribution in [0.3, 0.4) is 0 Å². The first-order valence-corrected chi connectivity index (χ1v) is 20.0. The van der Waals surface area contributed by atoms with Gasteiger partial charge in [0.1, 0.15) is 11.5 Å². The second kappa shape index (κ2) is 13.2. The summed E-state index contributed by atoms with van der Waals surface area (Å²) in [5.74, 6) is 2.50. The molecule has 0 aliphatic heterocycles. The molecule has 8 aromatic carbocycles. The molecule has 0 saturated carbocycles. The SMILES string of the molecule is Cn1c2ccc(Oc3ccccc3Oc3ccc(P(=O)(c4ccccc4)c4ccccc4)cc3)cc2c2cc(-n3c4ccccc4c4ccccc43)ccc21. The first-order chi connectivity index (χ1) is 27.1. The van der Waals surface area contributed by atoms with Crippen molar-refractivity contribution in [2.75, 3.05) is 0 Å². The van der Waals surface area contributed by atoms with E-state index in [-0.39, 0.29) is 0 Å². The van der Waals surface area contributed by atoms with Crippen LogP contribution in [0.25, 0.3) is 49.3 Å². The Hall–Kier alpha value is -6.81. The van der Waals surface area contributed by atoms with Crippen LogP contribution in [0.5, 0.6) is 23.0 Å². The standard InChI is InChI=1S/C49H35N2O3P/c1-50-44-30-24-34(51-46-20-10-8-18-40(46)41-19-9-11-21-47(41)51)32-42(44)43-33-36(27-31-45(43)50)54-49-23-13-12-22-48(49)53-35-25-28-39(29-26-35)55(52,37-14-4-2-5-15-37)38-16-6-3-7-17-38/h2-33H,1H3. The number of hydrogen-bond donors (Lipinski definition) is 0. The Labute approximate surface area is 318 Å². The van der Waals surface area contributed by atoms with Crippen molar-refractivity contribution in [3.8, 4) is 28.7 Å². The summed E-state index contributed by atoms with van der Waals surface area (Å²) in [5.41, 5.74) is 5.74. The molecular formula is C49H35N2O3P. The third kappa shape index (κ3) is 5.51. The molecule has 5 nitrogen and oxygen atoms in total. The van der Waals surface area contributed by atoms with Gasteiger partial charge in [-0.3, -0.25) is 0 Å². The fourth-order valence-corrected chi connectivity index (χ4v) is 10.6. The summed E-state index contributed by atoms with van der Waals surface area (Å²) in [6.45, 7) is 0. The topological polar surface area (TPSA) is 45.4 Å². The molecule has 0 fully saturated rings. The lowest BCUT2D eigenvalue weighted by Gasteiger charge is -2.20. The maximum Gasteiger partial charge on any atom is 0.171 e. The lowest BCUT2D eigenvalue weighted by molar-refractivity contribution is 0.419. The summed E-state index contributed by atoms with van der Waals surface area (Å²) in [4.78, 5) is 0. The van der Waals surface area contributed by atoms with Gasteiger partial charge in [0.2, 0.25) is 0 Å². The quantitative estimate of drug-likeness (QED) is 0.146. The Morgan fingerprint density at radius 3 is 1.45 bits per heavy atom. The van der Waals surface area contributed by atoms with Gasteiger partial charge in [-0.25, -0.2) is 0 Å². The highest BCUT2D eigenvalue weighted by molar-refractivity contribution is 7.85. The molecule has 2 aromatic heterocycles. The Balaban J connectivity index is 0.982. The highest BCUT2D eigenvalue weighted by atomic mass is 31.2. The zero-order chi connectivity index (χ0) is 36.9. The molecule has 0 aliphatic rings. The zero-order valence-corrected chi connectivity index (χ0v) is 30.9. The minimum Gasteiger partial charge on any atom is -0.453 e. The van der Waals surface area contributed by atoms with Crippen LogP contribution in [-0.2, 0) is 11.6 Å². The minimum atomic E-state index is -3.09. The van der Waals surface area contributed by atoms with Gasteiger partial charge in [0.05, 0.1) is 11.0 Å². The second-order valence-corrected chi connectivity index (χ2v) is 16.5. The third-order valence-corrected chi connectivity index (χ3v) is 13.6. The van der Waals surface area contributed by atoms with Crippen molar-refractivity contribution in [2.24, 2.45) is 7.05 Å². The molecule has 0 N–H and O–H groups in total. The Morgan fingerprint density at radius 1 is 0.400 bits per heavy atom. The molecule has 0 amide bonds. The van der Waals surface area contributed by atoms with Gasteiger partial charge in [-0.05, 0) is 84.9 Å². The van der Waals surface area contributed by atoms with Gasteiger partial charge in [-0.2, -0.15) is 0 Å². The lowest BCUT2D eigenvalue weighted by Crippen LogP contribution is -2.24. The fraction of sp³-hybridized carbons (Fsp3) is 0.0204. The first-order valence-electron chi connectivity index (χ1n) is 18.3. The van der Waals surface area contributed by atoms with Gasteiger partial charge in [-0.1, -0.05) is 109 Å². The van der Waals surface area contributed by atoms with E-state index in [1.54, 1.807) is 0 Å². The second-order valence-electron chi connectivity index (χ2n) is 13.7. The summed E-state index contributed by atoms with van der Waals surface area (Å²) < 4.78 is 32.4. The van der Waals surface area contributed by atoms with E-state index in [2.05, 4.69) is 95.0 Å². The number of hydrogen-bond acceptors (Lipinski definition) is 3. The smallest absolute Gasteiger partial charge is 0.171 e. The van der Waals surface area contributed by atoms with Crippen LogP contribution < -0.4 is 25.4 Å². The fourth-order valence-electron chi connectivity index (χ4n) is 7.91. The van der Waals surface area contributed by atoms with E-state index in [0.717, 1.165) is 43.4 Å². The van der Waals surface area contributed by atoms with Crippen molar-refractivity contribution >= 4 is 66.7 Å². The number of benzene rings is 8. The Kier molecular flexibility index (Phi) is 7.90. The average molecular weight is 731 g/mol. The van der Waals surface area contributed by atoms with E-state index >= 15 is 0 Å². The third-order valence-electron chi connectivity index (χ3n) is 10.5. The molecule has 0 unspecified atom stereocenters. The van der Waals surface area contributed by atoms with E-state index in [4.69, 9.17) is 9.47 Å². The van der Waals surface area contributed by atoms with Crippen LogP contribution in [0, 0.1) is 0 Å². The van der Waals surface area contributed by atoms with Gasteiger partial charge in [0.25, 0.3) is 0 Å². The molecule has 0 aliphatic carbocycles. The van der Waals surface area contributed by atoms with E-state index in [1.807, 2.05) is 115 Å². The van der Waals surface area contributed by atoms with Gasteiger partial charge in [0.15, 0.2) is 18.6 Å². The molecule has 0 bridgehead atoms. The molecule has 6 heteroatoms. The predicted molar refractivity (Wildman–Crippen MR) is 227 cm³/mol. The zero-order valence-electron chi connectivity index (χ0n) is 30.0. The summed E-state index contributed by atoms with van der Waals surface area (Å²) in [5, 5.41) is 7.06. The van der Waals surface area contributed by atoms with Crippen LogP contribution >= 0.6 is 7.14 Å². The summed E-state index contributed by atoms with van der Waals surface area (Å²) >= 11 is 0. The number of aryl methyl sites for hydroxylation is 1. The number of fused-ring (bicyclic) bond motifs is 6. The van der Waals surface area contributed by atoms with Crippen molar-refractivity contribution in [1.29, 1.82) is 0 Å². The van der Waals surface area contributed by atoms with E-state index in [0.29, 0.717) is 23.0 Å². The number of nitrogens with zero attached hydrogens (tertiary/aromatic N) is 2. The molecule has 0 saturated heterocycles. The van der Waals surface area contributed by atoms with Gasteiger partial charge in [-0.15, -0.1) is 0 Å². The average Bonchev–Trinajstić information content (AvgIpc) is 3.73. The van der Waals surface area contributed by atoms with Crippen molar-refractivity contribution < 1.29 is 14.0 Å². The highest BCUT2D eigenvalue weighted by Crippen LogP contribution is 2.43. The number of rotatable bonds is 8. The minimum absolute atomic E-state index is 0.580. The van der Waals surface area contributed by atoms with Crippen LogP contribution in [0.2, 0.25) is 0 Å². The predicted octanol–water partition coefficient (Wildman–Crippen LogP) is 11.7. The van der Waals surface area contributed by atoms with E-state index in [9.17, 15) is 4.57 Å². The molecule has 55 heavy (non-hydrogen) atoms. The largest absolute Gasteiger partial charge is 0.453 e. The molecule has 264 valence electrons. The molecule has 10 rings (SSSR count). The molecule has 0 radical (unpaired) electrons. The monoisotopic (exact) mass is 730 g/mol. The molecule has 10 aromatic rings. The van der Waals surface area contributed by atoms with Crippen LogP contribution in [0.1, 0.15) is 0 Å². The van der Waals surface area contributed by atoms with Crippen molar-refractivity contribution in [1.82, 2.24) is 9.13 Å². The van der Waals surface area contributed by atoms with E-state index in [1.165, 1.54) is 21.8 Å². The normalized spacial score (nSPS) is 11.8. The van der Waals surface area contributed by atoms with Crippen molar-refractivity contribution in [2.45, 2.75) is 0 Å². The molecular weight excluding hydrogens is 696 g/mol. The van der Waals surface area contributed by atoms with Crippen LogP contribution in [0.4, 0.5) is 0 Å². The lowest BCUT2D eigenvalue weighted by atomic mass is 10.1. The summed E-state index contributed by atoms with van der Waals surface area (Å²) in [6.07, 6.45) is 0. The van der Waals surface area contributed by atoms with Gasteiger partial charge in [0, 0.05) is 61.2 Å². The molecule has 0 spiro atoms. The van der Waals surface area contributed by atoms with Crippen LogP contribution in [-0.4, -0.2) is 9.13 Å². The summed E-state index contributed by atoms with van der Waals surface area (Å²) in [7, 11) is -0.984. The number of ether oxygens (including phenoxy) is 2. The van der Waals surface area contributed by atoms with Gasteiger partial charge >= 0.3 is 0 Å². The maximum absolute atomic E-state index is 14.8. The van der Waals surface area contributed by atoms with E-state index < -0.39 is 7.14 Å². The maximum atomic E-state index is 14.8. The Morgan fingerprint density at radius 2 is 0.855 bits per heavy atom. The van der Waals surface area contributed by atoms with Crippen molar-refractivity contribution in [3.05, 3.63) is 194 Å². The first kappa shape index (κ1) is 32.8. The molecule has 2 heterocycles. The summed E-state index contributed by atoms with van der Waals surface area (Å²) in [6, 6.07) is 64.7. The number of para-hydroxylation sites is 4. The molecule has 0 atom stereocenters. The van der Waals surface area contributed by atoms with Gasteiger partial charge < -0.3 is 23.2 Å². The Bertz CT molecular complexity index is 2980. The number of aromatic nitrogens is 2.